The maximum Gasteiger partial charge on any atom is 0.251 e. The van der Waals surface area contributed by atoms with Crippen molar-refractivity contribution in [1.29, 1.82) is 0 Å². The summed E-state index contributed by atoms with van der Waals surface area (Å²) < 4.78 is 5.09. The molecule has 0 radical (unpaired) electrons. The Morgan fingerprint density at radius 2 is 1.80 bits per heavy atom. The Balaban J connectivity index is 2.84. The van der Waals surface area contributed by atoms with Gasteiger partial charge in [0, 0.05) is 19.2 Å². The molecule has 140 valence electrons. The summed E-state index contributed by atoms with van der Waals surface area (Å²) >= 11 is 0. The first-order valence-corrected chi connectivity index (χ1v) is 8.51. The topological polar surface area (TPSA) is 84.7 Å². The summed E-state index contributed by atoms with van der Waals surface area (Å²) in [4.78, 5) is 26.9. The van der Waals surface area contributed by atoms with E-state index in [1.165, 1.54) is 0 Å². The van der Waals surface area contributed by atoms with E-state index in [4.69, 9.17) is 10.5 Å². The molecule has 0 aliphatic rings. The van der Waals surface area contributed by atoms with Gasteiger partial charge in [-0.05, 0) is 42.1 Å². The molecular weight excluding hydrogens is 318 g/mol. The van der Waals surface area contributed by atoms with Crippen LogP contribution in [0.3, 0.4) is 0 Å². The fourth-order valence-corrected chi connectivity index (χ4v) is 2.50. The quantitative estimate of drug-likeness (QED) is 0.751. The highest BCUT2D eigenvalue weighted by Crippen LogP contribution is 2.16. The Bertz CT molecular complexity index is 582. The lowest BCUT2D eigenvalue weighted by Gasteiger charge is -2.32. The number of nitrogens with two attached hydrogens (primary N) is 1. The number of likely N-dealkylation sites (N-methyl/N-ethyl adjacent to an activating group) is 1. The van der Waals surface area contributed by atoms with Crippen molar-refractivity contribution in [3.05, 3.63) is 29.8 Å². The normalized spacial score (nSPS) is 12.6. The zero-order valence-corrected chi connectivity index (χ0v) is 16.1. The van der Waals surface area contributed by atoms with Gasteiger partial charge >= 0.3 is 0 Å². The molecule has 0 heterocycles. The molecule has 6 nitrogen and oxygen atoms in total. The van der Waals surface area contributed by atoms with Crippen LogP contribution in [0.25, 0.3) is 0 Å². The smallest absolute Gasteiger partial charge is 0.251 e. The van der Waals surface area contributed by atoms with E-state index in [0.717, 1.165) is 0 Å². The molecule has 2 amide bonds. The van der Waals surface area contributed by atoms with Gasteiger partial charge in [0.1, 0.15) is 11.8 Å². The lowest BCUT2D eigenvalue weighted by molar-refractivity contribution is -0.134. The lowest BCUT2D eigenvalue weighted by atomic mass is 9.92. The van der Waals surface area contributed by atoms with E-state index < -0.39 is 6.04 Å². The minimum Gasteiger partial charge on any atom is -0.497 e. The highest BCUT2D eigenvalue weighted by atomic mass is 16.5. The summed E-state index contributed by atoms with van der Waals surface area (Å²) in [5.41, 5.74) is 6.07. The summed E-state index contributed by atoms with van der Waals surface area (Å²) in [5.74, 6) is 0.259. The molecule has 1 aromatic rings. The Morgan fingerprint density at radius 3 is 2.24 bits per heavy atom. The Labute approximate surface area is 150 Å². The molecule has 1 aromatic carbocycles. The van der Waals surface area contributed by atoms with E-state index >= 15 is 0 Å². The van der Waals surface area contributed by atoms with Gasteiger partial charge in [-0.1, -0.05) is 27.7 Å². The van der Waals surface area contributed by atoms with Crippen molar-refractivity contribution in [2.45, 2.75) is 33.7 Å². The number of rotatable bonds is 8. The van der Waals surface area contributed by atoms with Gasteiger partial charge in [-0.3, -0.25) is 9.59 Å². The molecule has 1 atom stereocenters. The first kappa shape index (κ1) is 21.0. The van der Waals surface area contributed by atoms with Crippen molar-refractivity contribution < 1.29 is 14.3 Å². The molecule has 0 spiro atoms. The number of methoxy groups -OCH3 is 1. The SMILES string of the molecule is COc1ccc(C(=O)NC(C(=O)N(C)CC(C)(C)CN)C(C)C)cc1. The molecule has 0 bridgehead atoms. The Kier molecular flexibility index (Phi) is 7.42. The van der Waals surface area contributed by atoms with Crippen LogP contribution in [0.15, 0.2) is 24.3 Å². The van der Waals surface area contributed by atoms with Crippen LogP contribution in [0.4, 0.5) is 0 Å². The van der Waals surface area contributed by atoms with Gasteiger partial charge < -0.3 is 20.7 Å². The number of benzene rings is 1. The Hall–Kier alpha value is -2.08. The van der Waals surface area contributed by atoms with Crippen LogP contribution in [0.5, 0.6) is 5.75 Å². The number of nitrogens with one attached hydrogen (secondary N) is 1. The highest BCUT2D eigenvalue weighted by molar-refractivity contribution is 5.97. The number of hydrogen-bond donors (Lipinski definition) is 2. The molecule has 3 N–H and O–H groups in total. The van der Waals surface area contributed by atoms with Crippen LogP contribution in [0.2, 0.25) is 0 Å². The van der Waals surface area contributed by atoms with Crippen molar-refractivity contribution in [2.75, 3.05) is 27.2 Å². The maximum absolute atomic E-state index is 12.8. The number of nitrogens with zero attached hydrogens (tertiary/aromatic N) is 1. The molecule has 0 saturated heterocycles. The summed E-state index contributed by atoms with van der Waals surface area (Å²) in [6.07, 6.45) is 0. The molecule has 0 aromatic heterocycles. The van der Waals surface area contributed by atoms with E-state index in [-0.39, 0.29) is 23.1 Å². The van der Waals surface area contributed by atoms with Crippen LogP contribution in [0, 0.1) is 11.3 Å². The van der Waals surface area contributed by atoms with Gasteiger partial charge in [0.25, 0.3) is 5.91 Å². The van der Waals surface area contributed by atoms with Crippen LogP contribution >= 0.6 is 0 Å². The molecular formula is C19H31N3O3. The van der Waals surface area contributed by atoms with E-state index in [1.54, 1.807) is 43.3 Å². The minimum absolute atomic E-state index is 0.0295. The lowest BCUT2D eigenvalue weighted by Crippen LogP contribution is -2.52. The molecule has 1 rings (SSSR count). The number of ether oxygens (including phenoxy) is 1. The third-order valence-electron chi connectivity index (χ3n) is 4.17. The molecule has 0 fully saturated rings. The number of carbonyl (C=O) groups is 2. The Morgan fingerprint density at radius 1 is 1.24 bits per heavy atom. The second-order valence-electron chi connectivity index (χ2n) is 7.49. The van der Waals surface area contributed by atoms with Gasteiger partial charge in [0.15, 0.2) is 0 Å². The van der Waals surface area contributed by atoms with Crippen molar-refractivity contribution in [1.82, 2.24) is 10.2 Å². The van der Waals surface area contributed by atoms with E-state index in [1.807, 2.05) is 27.7 Å². The number of carbonyl (C=O) groups excluding carboxylic acids is 2. The zero-order chi connectivity index (χ0) is 19.2. The predicted molar refractivity (Wildman–Crippen MR) is 99.6 cm³/mol. The third kappa shape index (κ3) is 6.05. The van der Waals surface area contributed by atoms with Gasteiger partial charge in [-0.25, -0.2) is 0 Å². The third-order valence-corrected chi connectivity index (χ3v) is 4.17. The fraction of sp³-hybridized carbons (Fsp3) is 0.579. The maximum atomic E-state index is 12.8. The highest BCUT2D eigenvalue weighted by Gasteiger charge is 2.30. The number of hydrogen-bond acceptors (Lipinski definition) is 4. The van der Waals surface area contributed by atoms with E-state index in [9.17, 15) is 9.59 Å². The first-order valence-electron chi connectivity index (χ1n) is 8.51. The van der Waals surface area contributed by atoms with E-state index in [2.05, 4.69) is 5.32 Å². The standard InChI is InChI=1S/C19H31N3O3/c1-13(2)16(18(24)22(5)12-19(3,4)11-20)21-17(23)14-7-9-15(25-6)10-8-14/h7-10,13,16H,11-12,20H2,1-6H3,(H,21,23). The molecule has 6 heteroatoms. The van der Waals surface area contributed by atoms with Gasteiger partial charge in [0.2, 0.25) is 5.91 Å². The summed E-state index contributed by atoms with van der Waals surface area (Å²) in [6.45, 7) is 8.87. The first-order chi connectivity index (χ1) is 11.6. The molecule has 0 aliphatic heterocycles. The second kappa shape index (κ2) is 8.85. The minimum atomic E-state index is -0.590. The largest absolute Gasteiger partial charge is 0.497 e. The van der Waals surface area contributed by atoms with Crippen molar-refractivity contribution in [2.24, 2.45) is 17.1 Å². The van der Waals surface area contributed by atoms with Crippen LogP contribution in [-0.2, 0) is 4.79 Å². The van der Waals surface area contributed by atoms with E-state index in [0.29, 0.717) is 24.4 Å². The van der Waals surface area contributed by atoms with Crippen molar-refractivity contribution in [3.63, 3.8) is 0 Å². The average Bonchev–Trinajstić information content (AvgIpc) is 2.58. The van der Waals surface area contributed by atoms with Crippen LogP contribution in [-0.4, -0.2) is 50.0 Å². The summed E-state index contributed by atoms with van der Waals surface area (Å²) in [6, 6.07) is 6.20. The van der Waals surface area contributed by atoms with Crippen molar-refractivity contribution >= 4 is 11.8 Å². The summed E-state index contributed by atoms with van der Waals surface area (Å²) in [5, 5.41) is 2.85. The van der Waals surface area contributed by atoms with Gasteiger partial charge in [-0.15, -0.1) is 0 Å². The predicted octanol–water partition coefficient (Wildman–Crippen LogP) is 1.89. The average molecular weight is 349 g/mol. The molecule has 1 unspecified atom stereocenters. The van der Waals surface area contributed by atoms with Crippen LogP contribution in [0.1, 0.15) is 38.1 Å². The van der Waals surface area contributed by atoms with Gasteiger partial charge in [-0.2, -0.15) is 0 Å². The monoisotopic (exact) mass is 349 g/mol. The zero-order valence-electron chi connectivity index (χ0n) is 16.1. The van der Waals surface area contributed by atoms with Crippen LogP contribution < -0.4 is 15.8 Å². The molecule has 0 aliphatic carbocycles. The number of amides is 2. The summed E-state index contributed by atoms with van der Waals surface area (Å²) in [7, 11) is 3.32. The second-order valence-corrected chi connectivity index (χ2v) is 7.49. The fourth-order valence-electron chi connectivity index (χ4n) is 2.50. The van der Waals surface area contributed by atoms with Gasteiger partial charge in [0.05, 0.1) is 7.11 Å². The molecule has 0 saturated carbocycles. The molecule has 25 heavy (non-hydrogen) atoms. The van der Waals surface area contributed by atoms with Crippen molar-refractivity contribution in [3.8, 4) is 5.75 Å².